The number of carboxylic acids is 1. The van der Waals surface area contributed by atoms with Gasteiger partial charge in [-0.3, -0.25) is 0 Å². The van der Waals surface area contributed by atoms with Crippen LogP contribution in [0.25, 0.3) is 11.3 Å². The van der Waals surface area contributed by atoms with Crippen LogP contribution in [0, 0.1) is 0 Å². The van der Waals surface area contributed by atoms with Crippen molar-refractivity contribution in [3.63, 3.8) is 0 Å². The summed E-state index contributed by atoms with van der Waals surface area (Å²) in [5.74, 6) is -0.498. The van der Waals surface area contributed by atoms with Gasteiger partial charge in [-0.15, -0.1) is 5.10 Å². The van der Waals surface area contributed by atoms with Gasteiger partial charge in [-0.1, -0.05) is 24.3 Å². The molecular weight excluding hydrogens is 258 g/mol. The molecule has 1 heterocycles. The van der Waals surface area contributed by atoms with Gasteiger partial charge >= 0.3 is 5.97 Å². The van der Waals surface area contributed by atoms with Crippen LogP contribution in [0.15, 0.2) is 24.3 Å². The monoisotopic (exact) mass is 275 g/mol. The summed E-state index contributed by atoms with van der Waals surface area (Å²) < 4.78 is 6.95. The van der Waals surface area contributed by atoms with Crippen molar-refractivity contribution >= 4 is 5.97 Å². The number of nitrogens with zero attached hydrogens (tertiary/aromatic N) is 3. The summed E-state index contributed by atoms with van der Waals surface area (Å²) >= 11 is 0. The maximum Gasteiger partial charge on any atom is 0.358 e. The Hall–Kier alpha value is -2.37. The third-order valence-corrected chi connectivity index (χ3v) is 3.27. The standard InChI is InChI=1S/C14H17N3O3/c1-4-9(2)17-13(12(14(18)19)15-16-17)10-7-5-6-8-11(10)20-3/h5-9H,4H2,1-3H3,(H,18,19). The zero-order chi connectivity index (χ0) is 14.7. The van der Waals surface area contributed by atoms with Gasteiger partial charge in [-0.25, -0.2) is 9.48 Å². The Kier molecular flexibility index (Phi) is 4.02. The lowest BCUT2D eigenvalue weighted by molar-refractivity contribution is 0.0691. The largest absolute Gasteiger partial charge is 0.496 e. The molecule has 1 unspecified atom stereocenters. The average molecular weight is 275 g/mol. The molecule has 0 saturated heterocycles. The third kappa shape index (κ3) is 2.36. The maximum absolute atomic E-state index is 11.4. The number of ether oxygens (including phenoxy) is 1. The second-order valence-corrected chi connectivity index (χ2v) is 4.49. The normalized spacial score (nSPS) is 12.2. The van der Waals surface area contributed by atoms with Gasteiger partial charge in [0.05, 0.1) is 13.2 Å². The van der Waals surface area contributed by atoms with E-state index < -0.39 is 5.97 Å². The highest BCUT2D eigenvalue weighted by Gasteiger charge is 2.24. The van der Waals surface area contributed by atoms with Crippen LogP contribution < -0.4 is 4.74 Å². The smallest absolute Gasteiger partial charge is 0.358 e. The second kappa shape index (κ2) is 5.73. The minimum absolute atomic E-state index is 0.0514. The predicted octanol–water partition coefficient (Wildman–Crippen LogP) is 2.62. The summed E-state index contributed by atoms with van der Waals surface area (Å²) in [5.41, 5.74) is 1.09. The molecule has 0 radical (unpaired) electrons. The minimum atomic E-state index is -1.10. The number of aromatic nitrogens is 3. The summed E-state index contributed by atoms with van der Waals surface area (Å²) in [4.78, 5) is 11.4. The van der Waals surface area contributed by atoms with Gasteiger partial charge in [0.2, 0.25) is 0 Å². The van der Waals surface area contributed by atoms with E-state index in [0.29, 0.717) is 17.0 Å². The Labute approximate surface area is 117 Å². The van der Waals surface area contributed by atoms with Crippen molar-refractivity contribution in [2.75, 3.05) is 7.11 Å². The van der Waals surface area contributed by atoms with Gasteiger partial charge in [0.1, 0.15) is 11.4 Å². The number of hydrogen-bond donors (Lipinski definition) is 1. The number of rotatable bonds is 5. The highest BCUT2D eigenvalue weighted by Crippen LogP contribution is 2.33. The van der Waals surface area contributed by atoms with Crippen LogP contribution >= 0.6 is 0 Å². The number of benzene rings is 1. The average Bonchev–Trinajstić information content (AvgIpc) is 2.91. The van der Waals surface area contributed by atoms with Gasteiger partial charge in [0.25, 0.3) is 0 Å². The van der Waals surface area contributed by atoms with Gasteiger partial charge in [0.15, 0.2) is 5.69 Å². The SMILES string of the molecule is CCC(C)n1nnc(C(=O)O)c1-c1ccccc1OC. The fourth-order valence-electron chi connectivity index (χ4n) is 2.01. The van der Waals surface area contributed by atoms with E-state index in [1.165, 1.54) is 0 Å². The first-order valence-corrected chi connectivity index (χ1v) is 6.42. The summed E-state index contributed by atoms with van der Waals surface area (Å²) in [5, 5.41) is 17.1. The van der Waals surface area contributed by atoms with Crippen molar-refractivity contribution < 1.29 is 14.6 Å². The molecule has 6 nitrogen and oxygen atoms in total. The zero-order valence-corrected chi connectivity index (χ0v) is 11.7. The molecule has 0 aliphatic rings. The highest BCUT2D eigenvalue weighted by atomic mass is 16.5. The Balaban J connectivity index is 2.69. The van der Waals surface area contributed by atoms with E-state index in [-0.39, 0.29) is 11.7 Å². The van der Waals surface area contributed by atoms with Gasteiger partial charge < -0.3 is 9.84 Å². The summed E-state index contributed by atoms with van der Waals surface area (Å²) in [7, 11) is 1.55. The number of hydrogen-bond acceptors (Lipinski definition) is 4. The molecule has 2 rings (SSSR count). The quantitative estimate of drug-likeness (QED) is 0.907. The fraction of sp³-hybridized carbons (Fsp3) is 0.357. The lowest BCUT2D eigenvalue weighted by atomic mass is 10.1. The molecule has 1 aromatic carbocycles. The molecule has 1 atom stereocenters. The predicted molar refractivity (Wildman–Crippen MR) is 74.0 cm³/mol. The number of carbonyl (C=O) groups is 1. The zero-order valence-electron chi connectivity index (χ0n) is 11.7. The fourth-order valence-corrected chi connectivity index (χ4v) is 2.01. The van der Waals surface area contributed by atoms with E-state index >= 15 is 0 Å². The third-order valence-electron chi connectivity index (χ3n) is 3.27. The van der Waals surface area contributed by atoms with E-state index in [0.717, 1.165) is 6.42 Å². The molecule has 0 aliphatic heterocycles. The molecule has 0 aliphatic carbocycles. The van der Waals surface area contributed by atoms with E-state index in [1.807, 2.05) is 32.0 Å². The first-order chi connectivity index (χ1) is 9.60. The van der Waals surface area contributed by atoms with Crippen LogP contribution in [0.5, 0.6) is 5.75 Å². The first kappa shape index (κ1) is 14.0. The van der Waals surface area contributed by atoms with E-state index in [2.05, 4.69) is 10.3 Å². The highest BCUT2D eigenvalue weighted by molar-refractivity contribution is 5.93. The van der Waals surface area contributed by atoms with Crippen LogP contribution in [-0.4, -0.2) is 33.2 Å². The molecule has 6 heteroatoms. The molecule has 0 fully saturated rings. The number of para-hydroxylation sites is 1. The van der Waals surface area contributed by atoms with Crippen LogP contribution in [0.1, 0.15) is 36.8 Å². The lowest BCUT2D eigenvalue weighted by Crippen LogP contribution is -2.09. The van der Waals surface area contributed by atoms with Crippen LogP contribution in [0.3, 0.4) is 0 Å². The van der Waals surface area contributed by atoms with Crippen LogP contribution in [-0.2, 0) is 0 Å². The maximum atomic E-state index is 11.4. The molecule has 1 aromatic heterocycles. The lowest BCUT2D eigenvalue weighted by Gasteiger charge is -2.14. The summed E-state index contributed by atoms with van der Waals surface area (Å²) in [6.45, 7) is 3.98. The van der Waals surface area contributed by atoms with Crippen LogP contribution in [0.2, 0.25) is 0 Å². The summed E-state index contributed by atoms with van der Waals surface area (Å²) in [6, 6.07) is 7.31. The topological polar surface area (TPSA) is 77.2 Å². The second-order valence-electron chi connectivity index (χ2n) is 4.49. The van der Waals surface area contributed by atoms with E-state index in [9.17, 15) is 9.90 Å². The Bertz CT molecular complexity index is 622. The van der Waals surface area contributed by atoms with Crippen molar-refractivity contribution in [3.05, 3.63) is 30.0 Å². The Morgan fingerprint density at radius 2 is 2.15 bits per heavy atom. The molecule has 0 bridgehead atoms. The number of aromatic carboxylic acids is 1. The number of carboxylic acid groups (broad SMARTS) is 1. The molecule has 106 valence electrons. The Morgan fingerprint density at radius 1 is 1.45 bits per heavy atom. The molecule has 0 amide bonds. The van der Waals surface area contributed by atoms with Crippen molar-refractivity contribution in [3.8, 4) is 17.0 Å². The van der Waals surface area contributed by atoms with Crippen LogP contribution in [0.4, 0.5) is 0 Å². The molecule has 0 saturated carbocycles. The van der Waals surface area contributed by atoms with Crippen molar-refractivity contribution in [2.45, 2.75) is 26.3 Å². The van der Waals surface area contributed by atoms with Gasteiger partial charge in [-0.05, 0) is 25.5 Å². The van der Waals surface area contributed by atoms with E-state index in [1.54, 1.807) is 17.9 Å². The van der Waals surface area contributed by atoms with Crippen molar-refractivity contribution in [1.29, 1.82) is 0 Å². The number of methoxy groups -OCH3 is 1. The molecule has 1 N–H and O–H groups in total. The molecule has 2 aromatic rings. The van der Waals surface area contributed by atoms with Gasteiger partial charge in [0, 0.05) is 5.56 Å². The Morgan fingerprint density at radius 3 is 2.75 bits per heavy atom. The first-order valence-electron chi connectivity index (χ1n) is 6.42. The van der Waals surface area contributed by atoms with Gasteiger partial charge in [-0.2, -0.15) is 0 Å². The molecular formula is C14H17N3O3. The molecule has 0 spiro atoms. The summed E-state index contributed by atoms with van der Waals surface area (Å²) in [6.07, 6.45) is 0.824. The van der Waals surface area contributed by atoms with Crippen molar-refractivity contribution in [2.24, 2.45) is 0 Å². The van der Waals surface area contributed by atoms with Crippen molar-refractivity contribution in [1.82, 2.24) is 15.0 Å². The minimum Gasteiger partial charge on any atom is -0.496 e. The van der Waals surface area contributed by atoms with E-state index in [4.69, 9.17) is 4.74 Å². The molecule has 20 heavy (non-hydrogen) atoms.